The fourth-order valence-electron chi connectivity index (χ4n) is 4.29. The van der Waals surface area contributed by atoms with Gasteiger partial charge in [0.15, 0.2) is 6.10 Å². The second kappa shape index (κ2) is 31.2. The minimum absolute atomic E-state index is 0.0500. The van der Waals surface area contributed by atoms with Gasteiger partial charge in [0, 0.05) is 19.4 Å². The van der Waals surface area contributed by atoms with Crippen molar-refractivity contribution in [1.82, 2.24) is 0 Å². The quantitative estimate of drug-likeness (QED) is 0.0329. The Hall–Kier alpha value is -1.77. The number of hydrogen-bond acceptors (Lipinski definition) is 8. The van der Waals surface area contributed by atoms with E-state index >= 15 is 0 Å². The summed E-state index contributed by atoms with van der Waals surface area (Å²) in [7, 11) is -4.37. The highest BCUT2D eigenvalue weighted by Crippen LogP contribution is 2.43. The topological polar surface area (TPSA) is 134 Å². The Kier molecular flexibility index (Phi) is 30.0. The van der Waals surface area contributed by atoms with Gasteiger partial charge < -0.3 is 20.1 Å². The molecule has 0 saturated carbocycles. The molecule has 0 aliphatic carbocycles. The van der Waals surface area contributed by atoms with E-state index in [4.69, 9.17) is 24.3 Å². The summed E-state index contributed by atoms with van der Waals surface area (Å²) >= 11 is 0. The number of hydrogen-bond donors (Lipinski definition) is 2. The van der Waals surface area contributed by atoms with Crippen molar-refractivity contribution in [2.24, 2.45) is 5.73 Å². The highest BCUT2D eigenvalue weighted by atomic mass is 31.2. The molecule has 0 radical (unpaired) electrons. The summed E-state index contributed by atoms with van der Waals surface area (Å²) in [6.07, 6.45) is 30.4. The summed E-state index contributed by atoms with van der Waals surface area (Å²) in [6, 6.07) is 0. The number of carbonyl (C=O) groups excluding carboxylic acids is 2. The van der Waals surface area contributed by atoms with Crippen LogP contribution in [0.25, 0.3) is 0 Å². The Labute approximate surface area is 267 Å². The summed E-state index contributed by atoms with van der Waals surface area (Å²) in [6.45, 7) is 3.53. The molecule has 44 heavy (non-hydrogen) atoms. The molecule has 0 spiro atoms. The molecule has 0 bridgehead atoms. The Morgan fingerprint density at radius 3 is 1.86 bits per heavy atom. The molecule has 2 atom stereocenters. The number of phosphoric ester groups is 1. The molecule has 0 fully saturated rings. The van der Waals surface area contributed by atoms with E-state index in [1.807, 2.05) is 0 Å². The second-order valence-corrected chi connectivity index (χ2v) is 12.5. The van der Waals surface area contributed by atoms with Crippen molar-refractivity contribution < 1.29 is 37.6 Å². The predicted octanol–water partition coefficient (Wildman–Crippen LogP) is 8.65. The van der Waals surface area contributed by atoms with E-state index in [0.717, 1.165) is 70.6 Å². The predicted molar refractivity (Wildman–Crippen MR) is 178 cm³/mol. The number of phosphoric acid groups is 1. The zero-order valence-electron chi connectivity index (χ0n) is 27.6. The third-order valence-electron chi connectivity index (χ3n) is 6.79. The molecule has 0 saturated heterocycles. The highest BCUT2D eigenvalue weighted by Gasteiger charge is 2.25. The van der Waals surface area contributed by atoms with Gasteiger partial charge in [0.05, 0.1) is 13.2 Å². The van der Waals surface area contributed by atoms with Gasteiger partial charge in [0.25, 0.3) is 0 Å². The SMILES string of the molecule is CC/C=C\C/C=C\C/C=C\CCCCCCCC(=O)OC(COC(=O)CCCCCCCCCC)COP(=O)(O)OCCN. The number of rotatable bonds is 31. The van der Waals surface area contributed by atoms with Crippen LogP contribution in [0.1, 0.15) is 136 Å². The van der Waals surface area contributed by atoms with E-state index in [9.17, 15) is 19.0 Å². The van der Waals surface area contributed by atoms with Gasteiger partial charge in [-0.15, -0.1) is 0 Å². The van der Waals surface area contributed by atoms with Gasteiger partial charge in [0.1, 0.15) is 6.61 Å². The Balaban J connectivity index is 4.30. The van der Waals surface area contributed by atoms with Crippen molar-refractivity contribution in [3.05, 3.63) is 36.5 Å². The lowest BCUT2D eigenvalue weighted by atomic mass is 10.1. The van der Waals surface area contributed by atoms with Gasteiger partial charge in [-0.05, 0) is 44.9 Å². The Bertz CT molecular complexity index is 830. The van der Waals surface area contributed by atoms with Gasteiger partial charge >= 0.3 is 19.8 Å². The first-order valence-corrected chi connectivity index (χ1v) is 18.5. The van der Waals surface area contributed by atoms with Gasteiger partial charge in [-0.3, -0.25) is 18.6 Å². The summed E-state index contributed by atoms with van der Waals surface area (Å²) in [5, 5.41) is 0. The standard InChI is InChI=1S/C34H62NO8P/c1-3-5-7-9-11-13-14-15-16-17-18-19-21-23-25-27-34(37)43-32(31-42-44(38,39)41-29-28-35)30-40-33(36)26-24-22-20-12-10-8-6-4-2/h5,7,11,13,15-16,32H,3-4,6,8-10,12,14,17-31,35H2,1-2H3,(H,38,39)/b7-5-,13-11-,16-15-. The fourth-order valence-corrected chi connectivity index (χ4v) is 5.06. The van der Waals surface area contributed by atoms with E-state index in [-0.39, 0.29) is 32.6 Å². The van der Waals surface area contributed by atoms with Crippen molar-refractivity contribution >= 4 is 19.8 Å². The summed E-state index contributed by atoms with van der Waals surface area (Å²) in [4.78, 5) is 34.5. The summed E-state index contributed by atoms with van der Waals surface area (Å²) in [5.74, 6) is -0.857. The van der Waals surface area contributed by atoms with Crippen LogP contribution in [0.15, 0.2) is 36.5 Å². The number of esters is 2. The maximum Gasteiger partial charge on any atom is 0.472 e. The zero-order valence-corrected chi connectivity index (χ0v) is 28.5. The number of ether oxygens (including phenoxy) is 2. The van der Waals surface area contributed by atoms with Crippen molar-refractivity contribution in [3.63, 3.8) is 0 Å². The van der Waals surface area contributed by atoms with Gasteiger partial charge in [-0.2, -0.15) is 0 Å². The van der Waals surface area contributed by atoms with E-state index in [0.29, 0.717) is 6.42 Å². The molecule has 0 aliphatic rings. The monoisotopic (exact) mass is 643 g/mol. The molecule has 10 heteroatoms. The first-order chi connectivity index (χ1) is 21.3. The lowest BCUT2D eigenvalue weighted by Gasteiger charge is -2.19. The number of nitrogens with two attached hydrogens (primary N) is 1. The molecule has 9 nitrogen and oxygen atoms in total. The first-order valence-electron chi connectivity index (χ1n) is 17.0. The molecular formula is C34H62NO8P. The zero-order chi connectivity index (χ0) is 32.6. The largest absolute Gasteiger partial charge is 0.472 e. The first kappa shape index (κ1) is 42.2. The van der Waals surface area contributed by atoms with Crippen LogP contribution in [0, 0.1) is 0 Å². The van der Waals surface area contributed by atoms with Crippen LogP contribution in [-0.4, -0.2) is 49.3 Å². The smallest absolute Gasteiger partial charge is 0.462 e. The second-order valence-electron chi connectivity index (χ2n) is 11.0. The average Bonchev–Trinajstić information content (AvgIpc) is 3.00. The van der Waals surface area contributed by atoms with Crippen molar-refractivity contribution in [3.8, 4) is 0 Å². The third kappa shape index (κ3) is 30.3. The number of carbonyl (C=O) groups is 2. The maximum absolute atomic E-state index is 12.5. The normalized spacial score (nSPS) is 14.0. The molecule has 2 unspecified atom stereocenters. The van der Waals surface area contributed by atoms with Crippen LogP contribution >= 0.6 is 7.82 Å². The molecule has 0 amide bonds. The molecule has 0 rings (SSSR count). The minimum Gasteiger partial charge on any atom is -0.462 e. The Morgan fingerprint density at radius 2 is 1.25 bits per heavy atom. The van der Waals surface area contributed by atoms with Crippen LogP contribution in [0.3, 0.4) is 0 Å². The van der Waals surface area contributed by atoms with E-state index < -0.39 is 32.5 Å². The molecule has 0 aromatic heterocycles. The molecule has 256 valence electrons. The van der Waals surface area contributed by atoms with E-state index in [1.54, 1.807) is 0 Å². The highest BCUT2D eigenvalue weighted by molar-refractivity contribution is 7.47. The molecule has 0 aromatic rings. The lowest BCUT2D eigenvalue weighted by molar-refractivity contribution is -0.161. The van der Waals surface area contributed by atoms with Crippen molar-refractivity contribution in [2.75, 3.05) is 26.4 Å². The molecule has 3 N–H and O–H groups in total. The molecule has 0 aromatic carbocycles. The van der Waals surface area contributed by atoms with Crippen LogP contribution in [0.2, 0.25) is 0 Å². The van der Waals surface area contributed by atoms with Gasteiger partial charge in [-0.1, -0.05) is 115 Å². The van der Waals surface area contributed by atoms with E-state index in [2.05, 4.69) is 50.3 Å². The summed E-state index contributed by atoms with van der Waals surface area (Å²) < 4.78 is 32.5. The maximum atomic E-state index is 12.5. The minimum atomic E-state index is -4.37. The van der Waals surface area contributed by atoms with Crippen LogP contribution in [0.5, 0.6) is 0 Å². The molecule has 0 aliphatic heterocycles. The van der Waals surface area contributed by atoms with Crippen molar-refractivity contribution in [2.45, 2.75) is 142 Å². The average molecular weight is 644 g/mol. The van der Waals surface area contributed by atoms with Crippen LogP contribution in [-0.2, 0) is 32.7 Å². The van der Waals surface area contributed by atoms with Crippen molar-refractivity contribution in [1.29, 1.82) is 0 Å². The van der Waals surface area contributed by atoms with Crippen LogP contribution < -0.4 is 5.73 Å². The summed E-state index contributed by atoms with van der Waals surface area (Å²) in [5.41, 5.74) is 5.31. The number of unbranched alkanes of at least 4 members (excludes halogenated alkanes) is 12. The third-order valence-corrected chi connectivity index (χ3v) is 7.77. The van der Waals surface area contributed by atoms with Gasteiger partial charge in [0.2, 0.25) is 0 Å². The van der Waals surface area contributed by atoms with Crippen LogP contribution in [0.4, 0.5) is 0 Å². The van der Waals surface area contributed by atoms with Gasteiger partial charge in [-0.25, -0.2) is 4.57 Å². The lowest BCUT2D eigenvalue weighted by Crippen LogP contribution is -2.29. The molecular weight excluding hydrogens is 581 g/mol. The number of allylic oxidation sites excluding steroid dienone is 6. The Morgan fingerprint density at radius 1 is 0.705 bits per heavy atom. The fraction of sp³-hybridized carbons (Fsp3) is 0.765. The molecule has 0 heterocycles. The van der Waals surface area contributed by atoms with E-state index in [1.165, 1.54) is 32.1 Å².